The molecule has 0 aliphatic heterocycles. The van der Waals surface area contributed by atoms with Crippen LogP contribution in [0.25, 0.3) is 10.9 Å². The first-order chi connectivity index (χ1) is 7.20. The number of pyridine rings is 1. The highest BCUT2D eigenvalue weighted by Crippen LogP contribution is 2.19. The van der Waals surface area contributed by atoms with Crippen LogP contribution >= 0.6 is 0 Å². The van der Waals surface area contributed by atoms with Gasteiger partial charge in [0.2, 0.25) is 6.41 Å². The summed E-state index contributed by atoms with van der Waals surface area (Å²) >= 11 is 0. The van der Waals surface area contributed by atoms with Crippen molar-refractivity contribution in [2.75, 3.05) is 11.9 Å². The van der Waals surface area contributed by atoms with E-state index >= 15 is 0 Å². The van der Waals surface area contributed by atoms with E-state index in [-0.39, 0.29) is 0 Å². The summed E-state index contributed by atoms with van der Waals surface area (Å²) in [6.45, 7) is 2.00. The summed E-state index contributed by atoms with van der Waals surface area (Å²) in [5.41, 5.74) is 2.95. The predicted octanol–water partition coefficient (Wildman–Crippen LogP) is 2.14. The van der Waals surface area contributed by atoms with Gasteiger partial charge in [0.25, 0.3) is 0 Å². The van der Waals surface area contributed by atoms with Gasteiger partial charge < -0.3 is 4.90 Å². The molecule has 3 heteroatoms. The van der Waals surface area contributed by atoms with Gasteiger partial charge in [0, 0.05) is 24.3 Å². The van der Waals surface area contributed by atoms with Gasteiger partial charge in [-0.3, -0.25) is 9.78 Å². The van der Waals surface area contributed by atoms with Crippen molar-refractivity contribution in [3.8, 4) is 0 Å². The highest BCUT2D eigenvalue weighted by molar-refractivity contribution is 5.86. The van der Waals surface area contributed by atoms with Crippen LogP contribution in [-0.4, -0.2) is 18.4 Å². The molecule has 0 spiro atoms. The fraction of sp³-hybridized carbons (Fsp3) is 0.167. The lowest BCUT2D eigenvalue weighted by Gasteiger charge is -2.11. The molecule has 2 aromatic rings. The minimum absolute atomic E-state index is 0.796. The molecule has 0 radical (unpaired) electrons. The van der Waals surface area contributed by atoms with E-state index in [9.17, 15) is 4.79 Å². The normalized spacial score (nSPS) is 10.3. The van der Waals surface area contributed by atoms with Crippen LogP contribution in [-0.2, 0) is 4.79 Å². The van der Waals surface area contributed by atoms with E-state index in [0.717, 1.165) is 28.6 Å². The fourth-order valence-electron chi connectivity index (χ4n) is 1.51. The van der Waals surface area contributed by atoms with Gasteiger partial charge in [-0.05, 0) is 36.8 Å². The third-order valence-electron chi connectivity index (χ3n) is 2.37. The summed E-state index contributed by atoms with van der Waals surface area (Å²) in [7, 11) is 1.73. The Bertz CT molecular complexity index is 508. The standard InChI is InChI=1S/C12H12N2O/c1-9-5-10-6-11(14(2)8-15)3-4-12(10)13-7-9/h3-8H,1-2H3. The van der Waals surface area contributed by atoms with Gasteiger partial charge in [0.05, 0.1) is 5.52 Å². The molecule has 1 aromatic heterocycles. The van der Waals surface area contributed by atoms with Crippen molar-refractivity contribution in [2.45, 2.75) is 6.92 Å². The van der Waals surface area contributed by atoms with Gasteiger partial charge in [-0.1, -0.05) is 0 Å². The van der Waals surface area contributed by atoms with E-state index < -0.39 is 0 Å². The van der Waals surface area contributed by atoms with Crippen LogP contribution in [0, 0.1) is 6.92 Å². The number of anilines is 1. The van der Waals surface area contributed by atoms with Crippen LogP contribution in [0.1, 0.15) is 5.56 Å². The molecule has 0 fully saturated rings. The second-order valence-corrected chi connectivity index (χ2v) is 3.61. The Kier molecular flexibility index (Phi) is 2.37. The summed E-state index contributed by atoms with van der Waals surface area (Å²) < 4.78 is 0. The van der Waals surface area contributed by atoms with Crippen molar-refractivity contribution in [2.24, 2.45) is 0 Å². The van der Waals surface area contributed by atoms with Gasteiger partial charge in [-0.15, -0.1) is 0 Å². The molecule has 76 valence electrons. The number of rotatable bonds is 2. The molecule has 1 heterocycles. The number of carbonyl (C=O) groups is 1. The highest BCUT2D eigenvalue weighted by Gasteiger charge is 2.01. The molecule has 2 rings (SSSR count). The van der Waals surface area contributed by atoms with Crippen LogP contribution in [0.3, 0.4) is 0 Å². The quantitative estimate of drug-likeness (QED) is 0.696. The Morgan fingerprint density at radius 1 is 1.33 bits per heavy atom. The second kappa shape index (κ2) is 3.69. The van der Waals surface area contributed by atoms with Crippen molar-refractivity contribution >= 4 is 23.0 Å². The summed E-state index contributed by atoms with van der Waals surface area (Å²) in [5, 5.41) is 1.06. The van der Waals surface area contributed by atoms with E-state index in [4.69, 9.17) is 0 Å². The average molecular weight is 200 g/mol. The molecule has 15 heavy (non-hydrogen) atoms. The number of hydrogen-bond donors (Lipinski definition) is 0. The number of benzene rings is 1. The van der Waals surface area contributed by atoms with Gasteiger partial charge in [-0.25, -0.2) is 0 Å². The van der Waals surface area contributed by atoms with Crippen LogP contribution in [0.4, 0.5) is 5.69 Å². The monoisotopic (exact) mass is 200 g/mol. The third kappa shape index (κ3) is 1.81. The van der Waals surface area contributed by atoms with E-state index in [1.54, 1.807) is 11.9 Å². The SMILES string of the molecule is Cc1cnc2ccc(N(C)C=O)cc2c1. The average Bonchev–Trinajstić information content (AvgIpc) is 2.27. The Hall–Kier alpha value is -1.90. The van der Waals surface area contributed by atoms with Crippen LogP contribution in [0.15, 0.2) is 30.5 Å². The molecule has 0 aliphatic carbocycles. The Labute approximate surface area is 88.3 Å². The number of amides is 1. The van der Waals surface area contributed by atoms with Crippen LogP contribution in [0.2, 0.25) is 0 Å². The van der Waals surface area contributed by atoms with Gasteiger partial charge in [0.1, 0.15) is 0 Å². The molecule has 3 nitrogen and oxygen atoms in total. The van der Waals surface area contributed by atoms with Crippen molar-refractivity contribution in [1.29, 1.82) is 0 Å². The predicted molar refractivity (Wildman–Crippen MR) is 60.9 cm³/mol. The number of nitrogens with zero attached hydrogens (tertiary/aromatic N) is 2. The van der Waals surface area contributed by atoms with E-state index in [0.29, 0.717) is 0 Å². The number of fused-ring (bicyclic) bond motifs is 1. The topological polar surface area (TPSA) is 33.2 Å². The first-order valence-corrected chi connectivity index (χ1v) is 4.75. The van der Waals surface area contributed by atoms with E-state index in [2.05, 4.69) is 11.1 Å². The molecule has 1 amide bonds. The largest absolute Gasteiger partial charge is 0.318 e. The first-order valence-electron chi connectivity index (χ1n) is 4.75. The maximum atomic E-state index is 10.6. The molecular weight excluding hydrogens is 188 g/mol. The van der Waals surface area contributed by atoms with Gasteiger partial charge in [0.15, 0.2) is 0 Å². The summed E-state index contributed by atoms with van der Waals surface area (Å²) in [6.07, 6.45) is 2.63. The van der Waals surface area contributed by atoms with Gasteiger partial charge in [-0.2, -0.15) is 0 Å². The first kappa shape index (κ1) is 9.65. The molecule has 0 bridgehead atoms. The highest BCUT2D eigenvalue weighted by atomic mass is 16.1. The molecule has 0 aliphatic rings. The van der Waals surface area contributed by atoms with Crippen molar-refractivity contribution in [3.05, 3.63) is 36.0 Å². The Morgan fingerprint density at radius 3 is 2.87 bits per heavy atom. The summed E-state index contributed by atoms with van der Waals surface area (Å²) in [5.74, 6) is 0. The zero-order valence-electron chi connectivity index (χ0n) is 8.77. The third-order valence-corrected chi connectivity index (χ3v) is 2.37. The smallest absolute Gasteiger partial charge is 0.213 e. The number of carbonyl (C=O) groups excluding carboxylic acids is 1. The Balaban J connectivity index is 2.58. The number of aryl methyl sites for hydroxylation is 1. The van der Waals surface area contributed by atoms with Crippen LogP contribution in [0.5, 0.6) is 0 Å². The van der Waals surface area contributed by atoms with Crippen molar-refractivity contribution in [3.63, 3.8) is 0 Å². The molecule has 0 saturated carbocycles. The van der Waals surface area contributed by atoms with E-state index in [1.165, 1.54) is 0 Å². The van der Waals surface area contributed by atoms with Crippen molar-refractivity contribution in [1.82, 2.24) is 4.98 Å². The lowest BCUT2D eigenvalue weighted by molar-refractivity contribution is -0.107. The van der Waals surface area contributed by atoms with Crippen molar-refractivity contribution < 1.29 is 4.79 Å². The van der Waals surface area contributed by atoms with E-state index in [1.807, 2.05) is 31.3 Å². The number of aromatic nitrogens is 1. The molecule has 0 saturated heterocycles. The van der Waals surface area contributed by atoms with Crippen LogP contribution < -0.4 is 4.90 Å². The zero-order chi connectivity index (χ0) is 10.8. The lowest BCUT2D eigenvalue weighted by Crippen LogP contribution is -2.13. The molecular formula is C12H12N2O. The molecule has 0 unspecified atom stereocenters. The maximum Gasteiger partial charge on any atom is 0.213 e. The maximum absolute atomic E-state index is 10.6. The summed E-state index contributed by atoms with van der Waals surface area (Å²) in [6, 6.07) is 7.83. The lowest BCUT2D eigenvalue weighted by atomic mass is 10.1. The molecule has 1 aromatic carbocycles. The summed E-state index contributed by atoms with van der Waals surface area (Å²) in [4.78, 5) is 16.5. The molecule has 0 atom stereocenters. The second-order valence-electron chi connectivity index (χ2n) is 3.61. The molecule has 0 N–H and O–H groups in total. The zero-order valence-corrected chi connectivity index (χ0v) is 8.77. The minimum Gasteiger partial charge on any atom is -0.318 e. The van der Waals surface area contributed by atoms with Gasteiger partial charge >= 0.3 is 0 Å². The minimum atomic E-state index is 0.796. The Morgan fingerprint density at radius 2 is 2.13 bits per heavy atom. The fourth-order valence-corrected chi connectivity index (χ4v) is 1.51. The number of hydrogen-bond acceptors (Lipinski definition) is 2.